The van der Waals surface area contributed by atoms with Crippen molar-refractivity contribution in [1.82, 2.24) is 4.31 Å². The summed E-state index contributed by atoms with van der Waals surface area (Å²) >= 11 is 0. The Morgan fingerprint density at radius 1 is 0.938 bits per heavy atom. The van der Waals surface area contributed by atoms with Crippen LogP contribution in [0.15, 0.2) is 53.4 Å². The number of halogens is 1. The molecule has 0 radical (unpaired) electrons. The van der Waals surface area contributed by atoms with Gasteiger partial charge in [-0.2, -0.15) is 4.31 Å². The molecular formula is C21H28FN3O5S2. The smallest absolute Gasteiger partial charge is 0.248 e. The molecule has 2 rings (SSSR count). The first-order valence-corrected chi connectivity index (χ1v) is 13.4. The molecule has 0 aromatic heterocycles. The van der Waals surface area contributed by atoms with Crippen molar-refractivity contribution in [3.8, 4) is 0 Å². The van der Waals surface area contributed by atoms with Gasteiger partial charge in [0.25, 0.3) is 0 Å². The number of amides is 1. The van der Waals surface area contributed by atoms with E-state index in [4.69, 9.17) is 0 Å². The minimum Gasteiger partial charge on any atom is -0.324 e. The van der Waals surface area contributed by atoms with Gasteiger partial charge in [0.05, 0.1) is 16.8 Å². The Hall–Kier alpha value is -2.50. The van der Waals surface area contributed by atoms with Crippen molar-refractivity contribution in [2.45, 2.75) is 38.1 Å². The molecule has 0 heterocycles. The van der Waals surface area contributed by atoms with Crippen LogP contribution in [-0.2, 0) is 24.8 Å². The van der Waals surface area contributed by atoms with Crippen molar-refractivity contribution in [2.75, 3.05) is 29.0 Å². The summed E-state index contributed by atoms with van der Waals surface area (Å²) in [4.78, 5) is 13.0. The molecule has 0 aliphatic rings. The van der Waals surface area contributed by atoms with Crippen molar-refractivity contribution in [2.24, 2.45) is 0 Å². The minimum atomic E-state index is -3.86. The van der Waals surface area contributed by atoms with Gasteiger partial charge in [0, 0.05) is 18.8 Å². The highest BCUT2D eigenvalue weighted by Crippen LogP contribution is 2.24. The molecule has 0 unspecified atom stereocenters. The van der Waals surface area contributed by atoms with Gasteiger partial charge in [-0.15, -0.1) is 0 Å². The lowest BCUT2D eigenvalue weighted by Crippen LogP contribution is -2.47. The highest BCUT2D eigenvalue weighted by molar-refractivity contribution is 7.92. The average molecular weight is 486 g/mol. The zero-order chi connectivity index (χ0) is 24.1. The number of rotatable bonds is 10. The molecule has 0 fully saturated rings. The highest BCUT2D eigenvalue weighted by Gasteiger charge is 2.31. The summed E-state index contributed by atoms with van der Waals surface area (Å²) < 4.78 is 65.6. The van der Waals surface area contributed by atoms with Crippen LogP contribution >= 0.6 is 0 Å². The van der Waals surface area contributed by atoms with E-state index in [0.29, 0.717) is 18.8 Å². The first-order valence-electron chi connectivity index (χ1n) is 10.1. The fraction of sp³-hybridized carbons (Fsp3) is 0.381. The van der Waals surface area contributed by atoms with Crippen LogP contribution in [0, 0.1) is 5.82 Å². The summed E-state index contributed by atoms with van der Waals surface area (Å²) in [6.07, 6.45) is 1.13. The summed E-state index contributed by atoms with van der Waals surface area (Å²) in [5.74, 6) is -1.12. The number of benzene rings is 2. The number of hydrogen-bond donors (Lipinski definition) is 1. The topological polar surface area (TPSA) is 104 Å². The normalized spacial score (nSPS) is 13.1. The van der Waals surface area contributed by atoms with Gasteiger partial charge >= 0.3 is 0 Å². The number of carbonyl (C=O) groups is 1. The van der Waals surface area contributed by atoms with E-state index in [2.05, 4.69) is 5.32 Å². The molecule has 1 amide bonds. The molecule has 0 aliphatic carbocycles. The second-order valence-corrected chi connectivity index (χ2v) is 10.9. The van der Waals surface area contributed by atoms with Crippen LogP contribution in [0.5, 0.6) is 0 Å². The first-order chi connectivity index (χ1) is 14.9. The van der Waals surface area contributed by atoms with Crippen LogP contribution in [-0.4, -0.2) is 52.4 Å². The summed E-state index contributed by atoms with van der Waals surface area (Å²) in [6, 6.07) is 9.40. The van der Waals surface area contributed by atoms with Crippen LogP contribution in [0.2, 0.25) is 0 Å². The molecule has 8 nitrogen and oxygen atoms in total. The van der Waals surface area contributed by atoms with Gasteiger partial charge in [0.1, 0.15) is 11.9 Å². The fourth-order valence-corrected chi connectivity index (χ4v) is 5.97. The first kappa shape index (κ1) is 25.8. The molecule has 2 aromatic carbocycles. The molecule has 0 bridgehead atoms. The van der Waals surface area contributed by atoms with Crippen LogP contribution in [0.1, 0.15) is 27.2 Å². The summed E-state index contributed by atoms with van der Waals surface area (Å²) in [5, 5.41) is 2.63. The van der Waals surface area contributed by atoms with E-state index in [0.717, 1.165) is 22.7 Å². The maximum atomic E-state index is 13.3. The zero-order valence-electron chi connectivity index (χ0n) is 18.4. The van der Waals surface area contributed by atoms with Gasteiger partial charge in [0.2, 0.25) is 26.0 Å². The number of anilines is 2. The molecule has 0 saturated heterocycles. The number of hydrogen-bond acceptors (Lipinski definition) is 5. The van der Waals surface area contributed by atoms with E-state index in [1.54, 1.807) is 20.8 Å². The quantitative estimate of drug-likeness (QED) is 0.557. The Morgan fingerprint density at radius 2 is 1.47 bits per heavy atom. The Kier molecular flexibility index (Phi) is 8.38. The zero-order valence-corrected chi connectivity index (χ0v) is 20.1. The summed E-state index contributed by atoms with van der Waals surface area (Å²) in [5.41, 5.74) is 0.482. The molecule has 176 valence electrons. The Morgan fingerprint density at radius 3 is 1.91 bits per heavy atom. The van der Waals surface area contributed by atoms with Gasteiger partial charge < -0.3 is 5.32 Å². The third kappa shape index (κ3) is 5.84. The Balaban J connectivity index is 2.30. The molecular weight excluding hydrogens is 457 g/mol. The van der Waals surface area contributed by atoms with E-state index in [-0.39, 0.29) is 17.0 Å². The van der Waals surface area contributed by atoms with Gasteiger partial charge in [0.15, 0.2) is 0 Å². The van der Waals surface area contributed by atoms with Gasteiger partial charge in [-0.3, -0.25) is 9.10 Å². The van der Waals surface area contributed by atoms with Crippen molar-refractivity contribution in [3.05, 3.63) is 54.3 Å². The largest absolute Gasteiger partial charge is 0.324 e. The molecule has 1 N–H and O–H groups in total. The third-order valence-corrected chi connectivity index (χ3v) is 8.12. The predicted octanol–water partition coefficient (Wildman–Crippen LogP) is 3.04. The monoisotopic (exact) mass is 485 g/mol. The molecule has 11 heteroatoms. The standard InChI is InChI=1S/C21H28FN3O5S2/c1-5-20(25(31(4,27)28)18-12-8-16(22)9-13-18)21(26)23-17-10-14-19(15-11-17)32(29,30)24(6-2)7-3/h8-15,20H,5-7H2,1-4H3,(H,23,26)/t20-/m0/s1. The summed E-state index contributed by atoms with van der Waals surface area (Å²) in [7, 11) is -7.49. The van der Waals surface area contributed by atoms with E-state index in [9.17, 15) is 26.0 Å². The van der Waals surface area contributed by atoms with E-state index < -0.39 is 37.8 Å². The minimum absolute atomic E-state index is 0.0929. The third-order valence-electron chi connectivity index (χ3n) is 4.88. The lowest BCUT2D eigenvalue weighted by Gasteiger charge is -2.30. The molecule has 0 spiro atoms. The van der Waals surface area contributed by atoms with Crippen molar-refractivity contribution in [3.63, 3.8) is 0 Å². The number of nitrogens with zero attached hydrogens (tertiary/aromatic N) is 2. The van der Waals surface area contributed by atoms with Crippen LogP contribution in [0.3, 0.4) is 0 Å². The van der Waals surface area contributed by atoms with Crippen molar-refractivity contribution >= 4 is 37.3 Å². The van der Waals surface area contributed by atoms with E-state index in [1.807, 2.05) is 0 Å². The lowest BCUT2D eigenvalue weighted by atomic mass is 10.2. The summed E-state index contributed by atoms with van der Waals surface area (Å²) in [6.45, 7) is 5.82. The van der Waals surface area contributed by atoms with Crippen LogP contribution in [0.25, 0.3) is 0 Å². The second kappa shape index (κ2) is 10.4. The number of sulfonamides is 2. The average Bonchev–Trinajstić information content (AvgIpc) is 2.73. The maximum Gasteiger partial charge on any atom is 0.248 e. The fourth-order valence-electron chi connectivity index (χ4n) is 3.30. The number of carbonyl (C=O) groups excluding carboxylic acids is 1. The van der Waals surface area contributed by atoms with E-state index >= 15 is 0 Å². The number of nitrogens with one attached hydrogen (secondary N) is 1. The molecule has 1 atom stereocenters. The maximum absolute atomic E-state index is 13.3. The molecule has 0 aliphatic heterocycles. The second-order valence-electron chi connectivity index (χ2n) is 7.06. The van der Waals surface area contributed by atoms with Gasteiger partial charge in [-0.05, 0) is 55.0 Å². The molecule has 32 heavy (non-hydrogen) atoms. The molecule has 0 saturated carbocycles. The van der Waals surface area contributed by atoms with Gasteiger partial charge in [-0.25, -0.2) is 21.2 Å². The SMILES string of the molecule is CC[C@@H](C(=O)Nc1ccc(S(=O)(=O)N(CC)CC)cc1)N(c1ccc(F)cc1)S(C)(=O)=O. The van der Waals surface area contributed by atoms with Crippen LogP contribution in [0.4, 0.5) is 15.8 Å². The van der Waals surface area contributed by atoms with Crippen molar-refractivity contribution in [1.29, 1.82) is 0 Å². The van der Waals surface area contributed by atoms with Crippen molar-refractivity contribution < 1.29 is 26.0 Å². The van der Waals surface area contributed by atoms with Crippen LogP contribution < -0.4 is 9.62 Å². The predicted molar refractivity (Wildman–Crippen MR) is 123 cm³/mol. The Labute approximate surface area is 189 Å². The lowest BCUT2D eigenvalue weighted by molar-refractivity contribution is -0.117. The highest BCUT2D eigenvalue weighted by atomic mass is 32.2. The molecule has 2 aromatic rings. The van der Waals surface area contributed by atoms with E-state index in [1.165, 1.54) is 40.7 Å². The Bertz CT molecular complexity index is 1130. The van der Waals surface area contributed by atoms with Gasteiger partial charge in [-0.1, -0.05) is 20.8 Å².